The molecule has 1 aromatic carbocycles. The molecule has 0 aliphatic carbocycles. The third-order valence-corrected chi connectivity index (χ3v) is 4.43. The Labute approximate surface area is 168 Å². The van der Waals surface area contributed by atoms with Gasteiger partial charge in [-0.05, 0) is 37.9 Å². The topological polar surface area (TPSA) is 78.7 Å². The Bertz CT molecular complexity index is 570. The lowest BCUT2D eigenvalue weighted by Gasteiger charge is -2.34. The molecular weight excluding hydrogens is 375 g/mol. The predicted molar refractivity (Wildman–Crippen MR) is 110 cm³/mol. The smallest absolute Gasteiger partial charge is 0.238 e. The summed E-state index contributed by atoms with van der Waals surface area (Å²) < 4.78 is 0. The molecule has 0 bridgehead atoms. The SMILES string of the molecule is Cc1cccc(C)c1NC(=O)CN1CCN(C(=O)CCCN)CC1.Cl.Cl. The molecular formula is C18H30Cl2N4O2. The van der Waals surface area contributed by atoms with Crippen molar-refractivity contribution in [3.05, 3.63) is 29.3 Å². The van der Waals surface area contributed by atoms with Crippen LogP contribution in [0.1, 0.15) is 24.0 Å². The molecule has 0 aromatic heterocycles. The average molecular weight is 405 g/mol. The summed E-state index contributed by atoms with van der Waals surface area (Å²) in [5, 5.41) is 3.01. The molecule has 0 atom stereocenters. The van der Waals surface area contributed by atoms with Gasteiger partial charge in [0.1, 0.15) is 0 Å². The number of nitrogens with zero attached hydrogens (tertiary/aromatic N) is 2. The Morgan fingerprint density at radius 3 is 2.19 bits per heavy atom. The summed E-state index contributed by atoms with van der Waals surface area (Å²) in [5.41, 5.74) is 8.48. The lowest BCUT2D eigenvalue weighted by atomic mass is 10.1. The van der Waals surface area contributed by atoms with Crippen molar-refractivity contribution in [2.24, 2.45) is 5.73 Å². The molecule has 0 radical (unpaired) electrons. The maximum absolute atomic E-state index is 12.3. The van der Waals surface area contributed by atoms with Crippen LogP contribution in [0, 0.1) is 13.8 Å². The summed E-state index contributed by atoms with van der Waals surface area (Å²) in [5.74, 6) is 0.162. The van der Waals surface area contributed by atoms with Gasteiger partial charge in [-0.1, -0.05) is 18.2 Å². The van der Waals surface area contributed by atoms with Gasteiger partial charge in [0.2, 0.25) is 11.8 Å². The molecule has 0 spiro atoms. The van der Waals surface area contributed by atoms with Gasteiger partial charge in [-0.3, -0.25) is 14.5 Å². The quantitative estimate of drug-likeness (QED) is 0.759. The molecule has 1 fully saturated rings. The number of benzene rings is 1. The lowest BCUT2D eigenvalue weighted by Crippen LogP contribution is -2.50. The Kier molecular flexibility index (Phi) is 11.5. The first kappa shape index (κ1) is 24.7. The second-order valence-corrected chi connectivity index (χ2v) is 6.36. The highest BCUT2D eigenvalue weighted by atomic mass is 35.5. The number of aryl methyl sites for hydroxylation is 2. The van der Waals surface area contributed by atoms with Gasteiger partial charge in [-0.25, -0.2) is 0 Å². The minimum absolute atomic E-state index is 0. The highest BCUT2D eigenvalue weighted by Crippen LogP contribution is 2.19. The van der Waals surface area contributed by atoms with E-state index in [-0.39, 0.29) is 36.6 Å². The van der Waals surface area contributed by atoms with Crippen LogP contribution in [0.4, 0.5) is 5.69 Å². The summed E-state index contributed by atoms with van der Waals surface area (Å²) in [6.45, 7) is 7.72. The third-order valence-electron chi connectivity index (χ3n) is 4.43. The normalized spacial score (nSPS) is 14.2. The van der Waals surface area contributed by atoms with Crippen molar-refractivity contribution in [3.63, 3.8) is 0 Å². The standard InChI is InChI=1S/C18H28N4O2.2ClH/c1-14-5-3-6-15(2)18(14)20-16(23)13-21-9-11-22(12-10-21)17(24)7-4-8-19;;/h3,5-6H,4,7-13,19H2,1-2H3,(H,20,23);2*1H. The van der Waals surface area contributed by atoms with Crippen LogP contribution < -0.4 is 11.1 Å². The Morgan fingerprint density at radius 2 is 1.65 bits per heavy atom. The van der Waals surface area contributed by atoms with E-state index in [0.29, 0.717) is 32.6 Å². The number of halogens is 2. The van der Waals surface area contributed by atoms with Crippen molar-refractivity contribution in [3.8, 4) is 0 Å². The Morgan fingerprint density at radius 1 is 1.08 bits per heavy atom. The molecule has 1 saturated heterocycles. The van der Waals surface area contributed by atoms with Crippen LogP contribution in [0.2, 0.25) is 0 Å². The molecule has 8 heteroatoms. The molecule has 1 aromatic rings. The molecule has 1 heterocycles. The van der Waals surface area contributed by atoms with E-state index in [9.17, 15) is 9.59 Å². The van der Waals surface area contributed by atoms with E-state index in [2.05, 4.69) is 10.2 Å². The molecule has 0 unspecified atom stereocenters. The number of carbonyl (C=O) groups excluding carboxylic acids is 2. The molecule has 6 nitrogen and oxygen atoms in total. The van der Waals surface area contributed by atoms with Crippen molar-refractivity contribution in [1.82, 2.24) is 9.80 Å². The van der Waals surface area contributed by atoms with Crippen LogP contribution in [0.25, 0.3) is 0 Å². The van der Waals surface area contributed by atoms with E-state index in [1.165, 1.54) is 0 Å². The highest BCUT2D eigenvalue weighted by Gasteiger charge is 2.22. The predicted octanol–water partition coefficient (Wildman–Crippen LogP) is 1.97. The summed E-state index contributed by atoms with van der Waals surface area (Å²) in [4.78, 5) is 28.2. The van der Waals surface area contributed by atoms with Gasteiger partial charge in [0.25, 0.3) is 0 Å². The fourth-order valence-corrected chi connectivity index (χ4v) is 2.96. The molecule has 2 amide bonds. The Hall–Kier alpha value is -1.34. The molecule has 1 aliphatic rings. The number of para-hydroxylation sites is 1. The molecule has 26 heavy (non-hydrogen) atoms. The molecule has 2 rings (SSSR count). The van der Waals surface area contributed by atoms with E-state index >= 15 is 0 Å². The first-order chi connectivity index (χ1) is 11.5. The van der Waals surface area contributed by atoms with Crippen LogP contribution >= 0.6 is 24.8 Å². The number of nitrogens with one attached hydrogen (secondary N) is 1. The number of anilines is 1. The van der Waals surface area contributed by atoms with Gasteiger partial charge in [0.05, 0.1) is 6.54 Å². The number of nitrogens with two attached hydrogens (primary N) is 1. The number of amides is 2. The van der Waals surface area contributed by atoms with Gasteiger partial charge in [0.15, 0.2) is 0 Å². The van der Waals surface area contributed by atoms with E-state index in [1.54, 1.807) is 0 Å². The zero-order valence-corrected chi connectivity index (χ0v) is 17.1. The van der Waals surface area contributed by atoms with Crippen LogP contribution in [0.3, 0.4) is 0 Å². The maximum Gasteiger partial charge on any atom is 0.238 e. The molecule has 0 saturated carbocycles. The maximum atomic E-state index is 12.3. The summed E-state index contributed by atoms with van der Waals surface area (Å²) in [6, 6.07) is 5.98. The number of carbonyl (C=O) groups is 2. The van der Waals surface area contributed by atoms with Crippen molar-refractivity contribution in [1.29, 1.82) is 0 Å². The van der Waals surface area contributed by atoms with Gasteiger partial charge in [0, 0.05) is 38.3 Å². The van der Waals surface area contributed by atoms with Gasteiger partial charge in [-0.2, -0.15) is 0 Å². The summed E-state index contributed by atoms with van der Waals surface area (Å²) in [6.07, 6.45) is 1.25. The summed E-state index contributed by atoms with van der Waals surface area (Å²) >= 11 is 0. The van der Waals surface area contributed by atoms with Crippen LogP contribution in [-0.4, -0.2) is 60.9 Å². The fraction of sp³-hybridized carbons (Fsp3) is 0.556. The second-order valence-electron chi connectivity index (χ2n) is 6.36. The van der Waals surface area contributed by atoms with Crippen molar-refractivity contribution in [2.75, 3.05) is 44.6 Å². The van der Waals surface area contributed by atoms with E-state index in [4.69, 9.17) is 5.73 Å². The number of hydrogen-bond donors (Lipinski definition) is 2. The summed E-state index contributed by atoms with van der Waals surface area (Å²) in [7, 11) is 0. The van der Waals surface area contributed by atoms with Gasteiger partial charge >= 0.3 is 0 Å². The monoisotopic (exact) mass is 404 g/mol. The van der Waals surface area contributed by atoms with Gasteiger partial charge in [-0.15, -0.1) is 24.8 Å². The Balaban J connectivity index is 0.00000312. The largest absolute Gasteiger partial charge is 0.340 e. The van der Waals surface area contributed by atoms with Crippen molar-refractivity contribution in [2.45, 2.75) is 26.7 Å². The first-order valence-corrected chi connectivity index (χ1v) is 8.57. The molecule has 1 aliphatic heterocycles. The average Bonchev–Trinajstić information content (AvgIpc) is 2.57. The third kappa shape index (κ3) is 7.11. The van der Waals surface area contributed by atoms with Crippen LogP contribution in [0.15, 0.2) is 18.2 Å². The van der Waals surface area contributed by atoms with Crippen LogP contribution in [-0.2, 0) is 9.59 Å². The number of hydrogen-bond acceptors (Lipinski definition) is 4. The number of rotatable bonds is 6. The van der Waals surface area contributed by atoms with E-state index < -0.39 is 0 Å². The highest BCUT2D eigenvalue weighted by molar-refractivity contribution is 5.93. The lowest BCUT2D eigenvalue weighted by molar-refractivity contribution is -0.133. The fourth-order valence-electron chi connectivity index (χ4n) is 2.96. The molecule has 148 valence electrons. The van der Waals surface area contributed by atoms with E-state index in [0.717, 1.165) is 36.3 Å². The second kappa shape index (κ2) is 12.1. The van der Waals surface area contributed by atoms with Crippen LogP contribution in [0.5, 0.6) is 0 Å². The van der Waals surface area contributed by atoms with Gasteiger partial charge < -0.3 is 16.0 Å². The minimum atomic E-state index is -0.00434. The van der Waals surface area contributed by atoms with E-state index in [1.807, 2.05) is 36.9 Å². The molecule has 3 N–H and O–H groups in total. The first-order valence-electron chi connectivity index (χ1n) is 8.57. The zero-order valence-electron chi connectivity index (χ0n) is 15.5. The zero-order chi connectivity index (χ0) is 17.5. The minimum Gasteiger partial charge on any atom is -0.340 e. The van der Waals surface area contributed by atoms with Crippen molar-refractivity contribution >= 4 is 42.3 Å². The number of piperazine rings is 1. The van der Waals surface area contributed by atoms with Crippen molar-refractivity contribution < 1.29 is 9.59 Å².